The van der Waals surface area contributed by atoms with Crippen molar-refractivity contribution in [2.24, 2.45) is 11.8 Å². The Balaban J connectivity index is 1.59. The zero-order valence-corrected chi connectivity index (χ0v) is 21.5. The molecule has 0 radical (unpaired) electrons. The first-order chi connectivity index (χ1) is 16.3. The fourth-order valence-corrected chi connectivity index (χ4v) is 6.54. The lowest BCUT2D eigenvalue weighted by atomic mass is 9.91. The number of anilines is 1. The Hall–Kier alpha value is -2.23. The second-order valence-corrected chi connectivity index (χ2v) is 11.5. The van der Waals surface area contributed by atoms with Crippen molar-refractivity contribution in [1.29, 1.82) is 0 Å². The molecule has 0 bridgehead atoms. The molecule has 0 aliphatic carbocycles. The molecular weight excluding hydrogens is 468 g/mol. The SMILES string of the molecule is Cc1cccn2c(=O)c(/C=C3/SC(=S)N(CC4CCCO4)C3=O)c(N3CC(C)CC(C)C3)nc12. The van der Waals surface area contributed by atoms with Crippen molar-refractivity contribution in [3.8, 4) is 0 Å². The van der Waals surface area contributed by atoms with Crippen LogP contribution in [0.3, 0.4) is 0 Å². The first kappa shape index (κ1) is 23.5. The Bertz CT molecular complexity index is 1220. The number of aryl methyl sites for hydroxylation is 1. The van der Waals surface area contributed by atoms with E-state index in [-0.39, 0.29) is 17.6 Å². The summed E-state index contributed by atoms with van der Waals surface area (Å²) in [5.41, 5.74) is 1.87. The zero-order chi connectivity index (χ0) is 24.0. The van der Waals surface area contributed by atoms with Gasteiger partial charge in [0.2, 0.25) is 0 Å². The second kappa shape index (κ2) is 9.43. The van der Waals surface area contributed by atoms with Crippen molar-refractivity contribution in [3.63, 3.8) is 0 Å². The monoisotopic (exact) mass is 498 g/mol. The van der Waals surface area contributed by atoms with Crippen LogP contribution >= 0.6 is 24.0 Å². The molecule has 3 saturated heterocycles. The molecule has 9 heteroatoms. The van der Waals surface area contributed by atoms with E-state index in [0.29, 0.717) is 44.6 Å². The number of carbonyl (C=O) groups excluding carboxylic acids is 1. The van der Waals surface area contributed by atoms with Gasteiger partial charge in [-0.25, -0.2) is 4.98 Å². The van der Waals surface area contributed by atoms with Crippen LogP contribution in [0.25, 0.3) is 11.7 Å². The Labute approximate surface area is 209 Å². The van der Waals surface area contributed by atoms with Crippen LogP contribution in [0.15, 0.2) is 28.0 Å². The molecule has 34 heavy (non-hydrogen) atoms. The van der Waals surface area contributed by atoms with Gasteiger partial charge in [0, 0.05) is 25.9 Å². The summed E-state index contributed by atoms with van der Waals surface area (Å²) in [5.74, 6) is 1.49. The maximum Gasteiger partial charge on any atom is 0.267 e. The molecule has 2 aromatic heterocycles. The number of aromatic nitrogens is 2. The summed E-state index contributed by atoms with van der Waals surface area (Å²) in [7, 11) is 0. The van der Waals surface area contributed by atoms with Gasteiger partial charge in [0.25, 0.3) is 11.5 Å². The summed E-state index contributed by atoms with van der Waals surface area (Å²) >= 11 is 6.78. The third kappa shape index (κ3) is 4.41. The number of hydrogen-bond donors (Lipinski definition) is 0. The van der Waals surface area contributed by atoms with Gasteiger partial charge in [-0.05, 0) is 55.7 Å². The van der Waals surface area contributed by atoms with Gasteiger partial charge < -0.3 is 9.64 Å². The summed E-state index contributed by atoms with van der Waals surface area (Å²) in [6.45, 7) is 9.28. The predicted molar refractivity (Wildman–Crippen MR) is 140 cm³/mol. The molecule has 5 rings (SSSR count). The molecule has 0 aromatic carbocycles. The number of thioether (sulfide) groups is 1. The molecule has 0 spiro atoms. The molecule has 3 unspecified atom stereocenters. The molecular formula is C25H30N4O3S2. The molecule has 3 aliphatic heterocycles. The number of thiocarbonyl (C=S) groups is 1. The average molecular weight is 499 g/mol. The number of piperidine rings is 1. The molecule has 3 atom stereocenters. The maximum absolute atomic E-state index is 13.7. The molecule has 180 valence electrons. The van der Waals surface area contributed by atoms with Crippen LogP contribution in [-0.2, 0) is 9.53 Å². The lowest BCUT2D eigenvalue weighted by Gasteiger charge is -2.36. The maximum atomic E-state index is 13.7. The van der Waals surface area contributed by atoms with E-state index in [2.05, 4.69) is 18.7 Å². The Morgan fingerprint density at radius 1 is 1.26 bits per heavy atom. The van der Waals surface area contributed by atoms with Crippen LogP contribution in [0.4, 0.5) is 5.82 Å². The van der Waals surface area contributed by atoms with Crippen LogP contribution in [0.2, 0.25) is 0 Å². The lowest BCUT2D eigenvalue weighted by Crippen LogP contribution is -2.40. The highest BCUT2D eigenvalue weighted by Crippen LogP contribution is 2.35. The van der Waals surface area contributed by atoms with Crippen molar-refractivity contribution in [1.82, 2.24) is 14.3 Å². The highest BCUT2D eigenvalue weighted by molar-refractivity contribution is 8.26. The topological polar surface area (TPSA) is 67.2 Å². The number of ether oxygens (including phenoxy) is 1. The standard InChI is InChI=1S/C25H30N4O3S2/c1-15-10-16(2)13-27(12-15)22-19(23(30)28-8-4-6-17(3)21(28)26-22)11-20-24(31)29(25(33)34-20)14-18-7-5-9-32-18/h4,6,8,11,15-16,18H,5,7,9-10,12-14H2,1-3H3/b20-11+. The van der Waals surface area contributed by atoms with E-state index in [1.165, 1.54) is 11.8 Å². The number of fused-ring (bicyclic) bond motifs is 1. The van der Waals surface area contributed by atoms with Crippen molar-refractivity contribution in [3.05, 3.63) is 44.7 Å². The number of nitrogens with zero attached hydrogens (tertiary/aromatic N) is 4. The van der Waals surface area contributed by atoms with Crippen LogP contribution in [0, 0.1) is 18.8 Å². The van der Waals surface area contributed by atoms with E-state index in [9.17, 15) is 9.59 Å². The number of amides is 1. The minimum absolute atomic E-state index is 0.0182. The quantitative estimate of drug-likeness (QED) is 0.468. The molecule has 5 heterocycles. The minimum Gasteiger partial charge on any atom is -0.376 e. The number of pyridine rings is 1. The van der Waals surface area contributed by atoms with Crippen LogP contribution in [0.5, 0.6) is 0 Å². The first-order valence-electron chi connectivity index (χ1n) is 12.0. The smallest absolute Gasteiger partial charge is 0.267 e. The van der Waals surface area contributed by atoms with Crippen molar-refractivity contribution in [2.45, 2.75) is 46.1 Å². The second-order valence-electron chi connectivity index (χ2n) is 9.82. The zero-order valence-electron chi connectivity index (χ0n) is 19.8. The van der Waals surface area contributed by atoms with Gasteiger partial charge in [-0.2, -0.15) is 0 Å². The summed E-state index contributed by atoms with van der Waals surface area (Å²) in [4.78, 5) is 36.3. The van der Waals surface area contributed by atoms with E-state index in [0.717, 1.165) is 44.5 Å². The van der Waals surface area contributed by atoms with E-state index < -0.39 is 0 Å². The average Bonchev–Trinajstić information content (AvgIpc) is 3.39. The molecule has 3 fully saturated rings. The van der Waals surface area contributed by atoms with E-state index in [4.69, 9.17) is 21.9 Å². The molecule has 1 amide bonds. The number of rotatable bonds is 4. The Morgan fingerprint density at radius 3 is 2.74 bits per heavy atom. The molecule has 3 aliphatic rings. The van der Waals surface area contributed by atoms with Gasteiger partial charge in [0.05, 0.1) is 23.1 Å². The van der Waals surface area contributed by atoms with E-state index in [1.807, 2.05) is 19.1 Å². The van der Waals surface area contributed by atoms with Crippen molar-refractivity contribution in [2.75, 3.05) is 31.1 Å². The van der Waals surface area contributed by atoms with Gasteiger partial charge in [-0.15, -0.1) is 0 Å². The minimum atomic E-state index is -0.168. The van der Waals surface area contributed by atoms with E-state index >= 15 is 0 Å². The number of hydrogen-bond acceptors (Lipinski definition) is 7. The van der Waals surface area contributed by atoms with Crippen molar-refractivity contribution < 1.29 is 9.53 Å². The van der Waals surface area contributed by atoms with Gasteiger partial charge in [-0.3, -0.25) is 18.9 Å². The lowest BCUT2D eigenvalue weighted by molar-refractivity contribution is -0.123. The molecule has 7 nitrogen and oxygen atoms in total. The summed E-state index contributed by atoms with van der Waals surface area (Å²) in [6, 6.07) is 3.81. The molecule has 2 aromatic rings. The third-order valence-electron chi connectivity index (χ3n) is 6.79. The fourth-order valence-electron chi connectivity index (χ4n) is 5.28. The molecule has 0 N–H and O–H groups in total. The van der Waals surface area contributed by atoms with E-state index in [1.54, 1.807) is 21.6 Å². The van der Waals surface area contributed by atoms with Gasteiger partial charge in [0.15, 0.2) is 0 Å². The Morgan fingerprint density at radius 2 is 2.03 bits per heavy atom. The highest BCUT2D eigenvalue weighted by atomic mass is 32.2. The third-order valence-corrected chi connectivity index (χ3v) is 8.17. The predicted octanol–water partition coefficient (Wildman–Crippen LogP) is 3.87. The number of carbonyl (C=O) groups is 1. The summed E-state index contributed by atoms with van der Waals surface area (Å²) < 4.78 is 7.80. The van der Waals surface area contributed by atoms with Crippen LogP contribution < -0.4 is 10.5 Å². The van der Waals surface area contributed by atoms with Gasteiger partial charge >= 0.3 is 0 Å². The largest absolute Gasteiger partial charge is 0.376 e. The normalized spacial score (nSPS) is 26.9. The van der Waals surface area contributed by atoms with Crippen LogP contribution in [0.1, 0.15) is 44.2 Å². The van der Waals surface area contributed by atoms with Gasteiger partial charge in [-0.1, -0.05) is 43.9 Å². The highest BCUT2D eigenvalue weighted by Gasteiger charge is 2.35. The molecule has 0 saturated carbocycles. The first-order valence-corrected chi connectivity index (χ1v) is 13.2. The summed E-state index contributed by atoms with van der Waals surface area (Å²) in [5, 5.41) is 0. The summed E-state index contributed by atoms with van der Waals surface area (Å²) in [6.07, 6.45) is 6.55. The van der Waals surface area contributed by atoms with Gasteiger partial charge in [0.1, 0.15) is 15.8 Å². The van der Waals surface area contributed by atoms with Crippen LogP contribution in [-0.4, -0.2) is 56.9 Å². The fraction of sp³-hybridized carbons (Fsp3) is 0.520. The Kier molecular flexibility index (Phi) is 6.52. The van der Waals surface area contributed by atoms with Crippen molar-refractivity contribution >= 4 is 51.7 Å².